The molecule has 1 fully saturated rings. The summed E-state index contributed by atoms with van der Waals surface area (Å²) >= 11 is 0. The molecule has 1 saturated heterocycles. The molecular formula is C25H25N3O2. The molecule has 1 aliphatic carbocycles. The molecule has 0 bridgehead atoms. The Bertz CT molecular complexity index is 1100. The number of rotatable bonds is 5. The second kappa shape index (κ2) is 7.82. The zero-order chi connectivity index (χ0) is 20.5. The number of carbonyl (C=O) groups is 2. The first kappa shape index (κ1) is 18.7. The summed E-state index contributed by atoms with van der Waals surface area (Å²) in [5, 5.41) is 4.14. The summed E-state index contributed by atoms with van der Waals surface area (Å²) < 4.78 is 0. The van der Waals surface area contributed by atoms with Crippen molar-refractivity contribution in [3.8, 4) is 0 Å². The summed E-state index contributed by atoms with van der Waals surface area (Å²) in [4.78, 5) is 31.2. The molecule has 3 atom stereocenters. The van der Waals surface area contributed by atoms with E-state index in [1.807, 2.05) is 65.7 Å². The molecule has 0 saturated carbocycles. The highest BCUT2D eigenvalue weighted by Crippen LogP contribution is 2.40. The zero-order valence-corrected chi connectivity index (χ0v) is 16.8. The predicted octanol–water partition coefficient (Wildman–Crippen LogP) is 4.80. The van der Waals surface area contributed by atoms with Crippen LogP contribution in [-0.4, -0.2) is 27.7 Å². The van der Waals surface area contributed by atoms with E-state index in [0.717, 1.165) is 41.4 Å². The summed E-state index contributed by atoms with van der Waals surface area (Å²) in [6.07, 6.45) is 9.33. The minimum atomic E-state index is -0.469. The van der Waals surface area contributed by atoms with Crippen LogP contribution in [0.3, 0.4) is 0 Å². The van der Waals surface area contributed by atoms with Gasteiger partial charge in [-0.1, -0.05) is 42.5 Å². The van der Waals surface area contributed by atoms with Crippen molar-refractivity contribution in [1.29, 1.82) is 0 Å². The maximum Gasteiger partial charge on any atom is 0.247 e. The number of fused-ring (bicyclic) bond motifs is 1. The standard InChI is InChI=1S/C25H25N3O2/c29-23-16-22(17-7-3-1-4-8-17)28(23)24(18-9-5-2-6-10-18)25(30)27-20-11-12-21-19(15-20)13-14-26-21/h1-5,7-8,11-15,18,22,24,26H,6,9-10,16H2,(H,27,30). The van der Waals surface area contributed by atoms with E-state index in [4.69, 9.17) is 0 Å². The molecule has 5 nitrogen and oxygen atoms in total. The molecule has 1 aromatic heterocycles. The van der Waals surface area contributed by atoms with Crippen molar-refractivity contribution < 1.29 is 9.59 Å². The lowest BCUT2D eigenvalue weighted by Gasteiger charge is -2.48. The maximum absolute atomic E-state index is 13.5. The van der Waals surface area contributed by atoms with Crippen molar-refractivity contribution in [2.75, 3.05) is 5.32 Å². The smallest absolute Gasteiger partial charge is 0.247 e. The molecule has 3 aromatic rings. The third-order valence-electron chi connectivity index (χ3n) is 6.32. The van der Waals surface area contributed by atoms with E-state index in [-0.39, 0.29) is 23.8 Å². The molecule has 30 heavy (non-hydrogen) atoms. The number of nitrogens with one attached hydrogen (secondary N) is 2. The number of anilines is 1. The van der Waals surface area contributed by atoms with Crippen LogP contribution in [-0.2, 0) is 9.59 Å². The van der Waals surface area contributed by atoms with Crippen LogP contribution in [0.1, 0.15) is 37.3 Å². The molecule has 3 unspecified atom stereocenters. The highest BCUT2D eigenvalue weighted by atomic mass is 16.2. The monoisotopic (exact) mass is 399 g/mol. The van der Waals surface area contributed by atoms with Gasteiger partial charge in [0.25, 0.3) is 0 Å². The van der Waals surface area contributed by atoms with Crippen molar-refractivity contribution in [1.82, 2.24) is 9.88 Å². The average Bonchev–Trinajstić information content (AvgIpc) is 3.24. The van der Waals surface area contributed by atoms with Crippen LogP contribution < -0.4 is 5.32 Å². The molecule has 2 aliphatic rings. The molecule has 5 rings (SSSR count). The number of β-lactam (4-membered cyclic amide) rings is 1. The van der Waals surface area contributed by atoms with Crippen molar-refractivity contribution in [3.05, 3.63) is 78.5 Å². The summed E-state index contributed by atoms with van der Waals surface area (Å²) in [7, 11) is 0. The van der Waals surface area contributed by atoms with Gasteiger partial charge in [-0.2, -0.15) is 0 Å². The normalized spacial score (nSPS) is 22.0. The van der Waals surface area contributed by atoms with Crippen molar-refractivity contribution >= 4 is 28.4 Å². The van der Waals surface area contributed by atoms with E-state index >= 15 is 0 Å². The number of nitrogens with zero attached hydrogens (tertiary/aromatic N) is 1. The lowest BCUT2D eigenvalue weighted by Crippen LogP contribution is -2.59. The SMILES string of the molecule is O=C(Nc1ccc2[nH]ccc2c1)C(C1CC=CCC1)N1C(=O)CC1c1ccccc1. The first-order valence-corrected chi connectivity index (χ1v) is 10.6. The van der Waals surface area contributed by atoms with E-state index < -0.39 is 6.04 Å². The fraction of sp³-hybridized carbons (Fsp3) is 0.280. The molecule has 2 heterocycles. The number of hydrogen-bond acceptors (Lipinski definition) is 2. The van der Waals surface area contributed by atoms with Gasteiger partial charge in [0.1, 0.15) is 6.04 Å². The zero-order valence-electron chi connectivity index (χ0n) is 16.8. The Morgan fingerprint density at radius 1 is 1.10 bits per heavy atom. The fourth-order valence-corrected chi connectivity index (χ4v) is 4.75. The molecule has 2 amide bonds. The van der Waals surface area contributed by atoms with Gasteiger partial charge in [-0.05, 0) is 55.0 Å². The third-order valence-corrected chi connectivity index (χ3v) is 6.32. The minimum Gasteiger partial charge on any atom is -0.361 e. The van der Waals surface area contributed by atoms with E-state index in [1.54, 1.807) is 0 Å². The summed E-state index contributed by atoms with van der Waals surface area (Å²) in [6, 6.07) is 17.3. The second-order valence-electron chi connectivity index (χ2n) is 8.19. The van der Waals surface area contributed by atoms with Crippen molar-refractivity contribution in [2.24, 2.45) is 5.92 Å². The second-order valence-corrected chi connectivity index (χ2v) is 8.19. The first-order valence-electron chi connectivity index (χ1n) is 10.6. The number of likely N-dealkylation sites (tertiary alicyclic amines) is 1. The van der Waals surface area contributed by atoms with Crippen molar-refractivity contribution in [3.63, 3.8) is 0 Å². The lowest BCUT2D eigenvalue weighted by atomic mass is 9.81. The Hall–Kier alpha value is -3.34. The molecule has 2 aromatic carbocycles. The van der Waals surface area contributed by atoms with Crippen LogP contribution in [0.15, 0.2) is 72.9 Å². The van der Waals surface area contributed by atoms with Gasteiger partial charge < -0.3 is 15.2 Å². The van der Waals surface area contributed by atoms with E-state index in [9.17, 15) is 9.59 Å². The molecule has 152 valence electrons. The topological polar surface area (TPSA) is 65.2 Å². The molecule has 1 aliphatic heterocycles. The lowest BCUT2D eigenvalue weighted by molar-refractivity contribution is -0.157. The van der Waals surface area contributed by atoms with Crippen LogP contribution in [0.5, 0.6) is 0 Å². The van der Waals surface area contributed by atoms with E-state index in [1.165, 1.54) is 0 Å². The number of carbonyl (C=O) groups excluding carboxylic acids is 2. The van der Waals surface area contributed by atoms with Crippen LogP contribution >= 0.6 is 0 Å². The first-order chi connectivity index (χ1) is 14.7. The van der Waals surface area contributed by atoms with Gasteiger partial charge in [-0.15, -0.1) is 0 Å². The molecular weight excluding hydrogens is 374 g/mol. The summed E-state index contributed by atoms with van der Waals surface area (Å²) in [5.74, 6) is 0.0836. The number of H-pyrrole nitrogens is 1. The van der Waals surface area contributed by atoms with Gasteiger partial charge in [0.05, 0.1) is 12.5 Å². The van der Waals surface area contributed by atoms with Gasteiger partial charge in [0.15, 0.2) is 0 Å². The number of hydrogen-bond donors (Lipinski definition) is 2. The van der Waals surface area contributed by atoms with Crippen LogP contribution in [0.4, 0.5) is 5.69 Å². The molecule has 0 radical (unpaired) electrons. The largest absolute Gasteiger partial charge is 0.361 e. The Balaban J connectivity index is 1.44. The Labute approximate surface area is 175 Å². The van der Waals surface area contributed by atoms with Crippen LogP contribution in [0.25, 0.3) is 10.9 Å². The van der Waals surface area contributed by atoms with Gasteiger partial charge in [0, 0.05) is 22.8 Å². The number of allylic oxidation sites excluding steroid dienone is 2. The Morgan fingerprint density at radius 3 is 2.73 bits per heavy atom. The van der Waals surface area contributed by atoms with Crippen LogP contribution in [0.2, 0.25) is 0 Å². The van der Waals surface area contributed by atoms with E-state index in [2.05, 4.69) is 22.5 Å². The quantitative estimate of drug-likeness (QED) is 0.478. The number of aromatic nitrogens is 1. The summed E-state index contributed by atoms with van der Waals surface area (Å²) in [6.45, 7) is 0. The predicted molar refractivity (Wildman–Crippen MR) is 118 cm³/mol. The van der Waals surface area contributed by atoms with E-state index in [0.29, 0.717) is 6.42 Å². The van der Waals surface area contributed by atoms with Gasteiger partial charge >= 0.3 is 0 Å². The highest BCUT2D eigenvalue weighted by molar-refractivity contribution is 6.00. The molecule has 5 heteroatoms. The minimum absolute atomic E-state index is 0.0347. The summed E-state index contributed by atoms with van der Waals surface area (Å²) in [5.41, 5.74) is 2.88. The Kier molecular flexibility index (Phi) is 4.87. The van der Waals surface area contributed by atoms with Gasteiger partial charge in [0.2, 0.25) is 11.8 Å². The number of aromatic amines is 1. The number of amides is 2. The molecule has 2 N–H and O–H groups in total. The van der Waals surface area contributed by atoms with Crippen LogP contribution in [0, 0.1) is 5.92 Å². The Morgan fingerprint density at radius 2 is 1.97 bits per heavy atom. The average molecular weight is 399 g/mol. The van der Waals surface area contributed by atoms with Crippen molar-refractivity contribution in [2.45, 2.75) is 37.8 Å². The van der Waals surface area contributed by atoms with Gasteiger partial charge in [-0.25, -0.2) is 0 Å². The highest BCUT2D eigenvalue weighted by Gasteiger charge is 2.47. The molecule has 0 spiro atoms. The number of benzene rings is 2. The maximum atomic E-state index is 13.5. The third kappa shape index (κ3) is 3.41. The van der Waals surface area contributed by atoms with Gasteiger partial charge in [-0.3, -0.25) is 9.59 Å². The fourth-order valence-electron chi connectivity index (χ4n) is 4.75.